The van der Waals surface area contributed by atoms with Crippen molar-refractivity contribution in [2.24, 2.45) is 5.92 Å². The summed E-state index contributed by atoms with van der Waals surface area (Å²) in [6, 6.07) is 1.19. The summed E-state index contributed by atoms with van der Waals surface area (Å²) in [5, 5.41) is 13.6. The van der Waals surface area contributed by atoms with Gasteiger partial charge in [0.05, 0.1) is 6.10 Å². The average molecular weight is 275 g/mol. The molecule has 106 valence electrons. The van der Waals surface area contributed by atoms with Crippen LogP contribution in [0.3, 0.4) is 0 Å². The van der Waals surface area contributed by atoms with E-state index in [1.54, 1.807) is 0 Å². The molecular formula is C14H27ClN2O. The zero-order valence-corrected chi connectivity index (χ0v) is 12.4. The fraction of sp³-hybridized carbons (Fsp3) is 1.00. The van der Waals surface area contributed by atoms with Crippen LogP contribution in [0.5, 0.6) is 0 Å². The molecule has 2 N–H and O–H groups in total. The molecule has 3 nitrogen and oxygen atoms in total. The van der Waals surface area contributed by atoms with Crippen molar-refractivity contribution in [3.63, 3.8) is 0 Å². The minimum absolute atomic E-state index is 0.136. The Morgan fingerprint density at radius 3 is 2.61 bits per heavy atom. The molecule has 0 amide bonds. The predicted octanol–water partition coefficient (Wildman–Crippen LogP) is 1.83. The van der Waals surface area contributed by atoms with Gasteiger partial charge in [-0.05, 0) is 51.6 Å². The second-order valence-corrected chi connectivity index (χ2v) is 6.80. The molecule has 4 atom stereocenters. The van der Waals surface area contributed by atoms with Gasteiger partial charge in [0.2, 0.25) is 0 Å². The third-order valence-corrected chi connectivity index (χ3v) is 5.07. The smallest absolute Gasteiger partial charge is 0.0682 e. The van der Waals surface area contributed by atoms with Gasteiger partial charge < -0.3 is 10.4 Å². The molecule has 18 heavy (non-hydrogen) atoms. The van der Waals surface area contributed by atoms with Crippen LogP contribution in [0.1, 0.15) is 39.5 Å². The van der Waals surface area contributed by atoms with Gasteiger partial charge in [0, 0.05) is 24.0 Å². The van der Waals surface area contributed by atoms with E-state index in [2.05, 4.69) is 24.1 Å². The van der Waals surface area contributed by atoms with Gasteiger partial charge in [-0.1, -0.05) is 6.92 Å². The Labute approximate surface area is 116 Å². The van der Waals surface area contributed by atoms with Crippen LogP contribution in [-0.4, -0.2) is 53.2 Å². The summed E-state index contributed by atoms with van der Waals surface area (Å²) >= 11 is 6.19. The van der Waals surface area contributed by atoms with Gasteiger partial charge in [-0.25, -0.2) is 0 Å². The Balaban J connectivity index is 1.93. The Morgan fingerprint density at radius 2 is 2.00 bits per heavy atom. The topological polar surface area (TPSA) is 35.5 Å². The number of nitrogens with zero attached hydrogens (tertiary/aromatic N) is 1. The van der Waals surface area contributed by atoms with Crippen molar-refractivity contribution < 1.29 is 5.11 Å². The number of hydrogen-bond donors (Lipinski definition) is 2. The van der Waals surface area contributed by atoms with Crippen LogP contribution in [0, 0.1) is 5.92 Å². The number of alkyl halides is 1. The summed E-state index contributed by atoms with van der Waals surface area (Å²) in [5.41, 5.74) is 0. The zero-order valence-electron chi connectivity index (χ0n) is 11.6. The highest BCUT2D eigenvalue weighted by Gasteiger charge is 2.36. The molecule has 0 aliphatic carbocycles. The van der Waals surface area contributed by atoms with Crippen molar-refractivity contribution in [3.8, 4) is 0 Å². The molecule has 4 heteroatoms. The van der Waals surface area contributed by atoms with Crippen LogP contribution in [-0.2, 0) is 0 Å². The third-order valence-electron chi connectivity index (χ3n) is 4.64. The molecule has 0 saturated carbocycles. The van der Waals surface area contributed by atoms with Crippen molar-refractivity contribution in [1.29, 1.82) is 0 Å². The minimum Gasteiger partial charge on any atom is -0.392 e. The first-order valence-electron chi connectivity index (χ1n) is 7.36. The van der Waals surface area contributed by atoms with Crippen LogP contribution in [0.4, 0.5) is 0 Å². The van der Waals surface area contributed by atoms with Gasteiger partial charge in [-0.3, -0.25) is 4.90 Å². The standard InChI is InChI=1S/C14H27ClN2O/c1-10(11(2)15)7-13-8-14(18)9-17(13)12-3-5-16-6-4-12/h10-14,16,18H,3-9H2,1-2H3/t10-,11?,13?,14-/m1/s1. The SMILES string of the molecule is CC(Cl)[C@H](C)CC1C[C@@H](O)CN1C1CCNCC1. The average Bonchev–Trinajstić information content (AvgIpc) is 2.71. The van der Waals surface area contributed by atoms with E-state index in [9.17, 15) is 5.11 Å². The van der Waals surface area contributed by atoms with E-state index in [0.29, 0.717) is 18.0 Å². The Kier molecular flexibility index (Phi) is 5.31. The van der Waals surface area contributed by atoms with Crippen molar-refractivity contribution in [2.75, 3.05) is 19.6 Å². The summed E-state index contributed by atoms with van der Waals surface area (Å²) in [5.74, 6) is 0.520. The van der Waals surface area contributed by atoms with Crippen molar-refractivity contribution >= 4 is 11.6 Å². The normalized spacial score (nSPS) is 34.7. The van der Waals surface area contributed by atoms with E-state index in [0.717, 1.165) is 32.5 Å². The highest BCUT2D eigenvalue weighted by atomic mass is 35.5. The van der Waals surface area contributed by atoms with Gasteiger partial charge in [-0.2, -0.15) is 0 Å². The lowest BCUT2D eigenvalue weighted by molar-refractivity contribution is 0.118. The van der Waals surface area contributed by atoms with E-state index in [4.69, 9.17) is 11.6 Å². The number of halogens is 1. The first-order chi connectivity index (χ1) is 8.58. The summed E-state index contributed by atoms with van der Waals surface area (Å²) in [4.78, 5) is 2.56. The summed E-state index contributed by atoms with van der Waals surface area (Å²) in [6.07, 6.45) is 4.34. The van der Waals surface area contributed by atoms with Gasteiger partial charge in [0.15, 0.2) is 0 Å². The first kappa shape index (κ1) is 14.6. The number of β-amino-alcohol motifs (C(OH)–C–C–N with tert-alkyl or cyclic N) is 1. The molecule has 0 aromatic rings. The zero-order chi connectivity index (χ0) is 13.1. The number of piperidine rings is 1. The van der Waals surface area contributed by atoms with Crippen molar-refractivity contribution in [3.05, 3.63) is 0 Å². The number of likely N-dealkylation sites (tertiary alicyclic amines) is 1. The monoisotopic (exact) mass is 274 g/mol. The van der Waals surface area contributed by atoms with Crippen LogP contribution >= 0.6 is 11.6 Å². The summed E-state index contributed by atoms with van der Waals surface area (Å²) < 4.78 is 0. The minimum atomic E-state index is -0.136. The largest absolute Gasteiger partial charge is 0.392 e. The Bertz CT molecular complexity index is 256. The first-order valence-corrected chi connectivity index (χ1v) is 7.80. The maximum atomic E-state index is 9.96. The predicted molar refractivity (Wildman–Crippen MR) is 76.1 cm³/mol. The highest BCUT2D eigenvalue weighted by Crippen LogP contribution is 2.30. The molecule has 2 rings (SSSR count). The lowest BCUT2D eigenvalue weighted by Crippen LogP contribution is -2.46. The van der Waals surface area contributed by atoms with E-state index < -0.39 is 0 Å². The van der Waals surface area contributed by atoms with Gasteiger partial charge in [-0.15, -0.1) is 11.6 Å². The molecule has 2 aliphatic heterocycles. The van der Waals surface area contributed by atoms with E-state index in [1.807, 2.05) is 0 Å². The summed E-state index contributed by atoms with van der Waals surface area (Å²) in [7, 11) is 0. The number of hydrogen-bond acceptors (Lipinski definition) is 3. The number of aliphatic hydroxyl groups excluding tert-OH is 1. The van der Waals surface area contributed by atoms with Crippen LogP contribution < -0.4 is 5.32 Å². The summed E-state index contributed by atoms with van der Waals surface area (Å²) in [6.45, 7) is 7.39. The van der Waals surface area contributed by atoms with Crippen molar-refractivity contribution in [1.82, 2.24) is 10.2 Å². The number of nitrogens with one attached hydrogen (secondary N) is 1. The molecule has 2 heterocycles. The second kappa shape index (κ2) is 6.56. The fourth-order valence-electron chi connectivity index (χ4n) is 3.35. The van der Waals surface area contributed by atoms with Crippen molar-refractivity contribution in [2.45, 2.75) is 63.1 Å². The molecule has 0 bridgehead atoms. The number of aliphatic hydroxyl groups is 1. The maximum absolute atomic E-state index is 9.96. The van der Waals surface area contributed by atoms with Crippen LogP contribution in [0.15, 0.2) is 0 Å². The highest BCUT2D eigenvalue weighted by molar-refractivity contribution is 6.20. The van der Waals surface area contributed by atoms with Crippen LogP contribution in [0.2, 0.25) is 0 Å². The number of rotatable bonds is 4. The van der Waals surface area contributed by atoms with E-state index in [1.165, 1.54) is 12.8 Å². The van der Waals surface area contributed by atoms with Gasteiger partial charge >= 0.3 is 0 Å². The van der Waals surface area contributed by atoms with E-state index in [-0.39, 0.29) is 11.5 Å². The third kappa shape index (κ3) is 3.60. The molecule has 2 aliphatic rings. The van der Waals surface area contributed by atoms with Crippen LogP contribution in [0.25, 0.3) is 0 Å². The molecule has 0 spiro atoms. The molecule has 0 aromatic heterocycles. The quantitative estimate of drug-likeness (QED) is 0.768. The van der Waals surface area contributed by atoms with Gasteiger partial charge in [0.1, 0.15) is 0 Å². The Hall–Kier alpha value is 0.170. The Morgan fingerprint density at radius 1 is 1.33 bits per heavy atom. The molecule has 0 aromatic carbocycles. The molecule has 0 radical (unpaired) electrons. The lowest BCUT2D eigenvalue weighted by Gasteiger charge is -2.36. The molecule has 2 unspecified atom stereocenters. The lowest BCUT2D eigenvalue weighted by atomic mass is 9.95. The molecular weight excluding hydrogens is 248 g/mol. The molecule has 2 saturated heterocycles. The van der Waals surface area contributed by atoms with Gasteiger partial charge in [0.25, 0.3) is 0 Å². The van der Waals surface area contributed by atoms with E-state index >= 15 is 0 Å². The fourth-order valence-corrected chi connectivity index (χ4v) is 3.45. The molecule has 2 fully saturated rings. The second-order valence-electron chi connectivity index (χ2n) is 6.11. The maximum Gasteiger partial charge on any atom is 0.0682 e.